The van der Waals surface area contributed by atoms with Gasteiger partial charge in [-0.15, -0.1) is 0 Å². The van der Waals surface area contributed by atoms with E-state index in [9.17, 15) is 0 Å². The summed E-state index contributed by atoms with van der Waals surface area (Å²) in [6.07, 6.45) is 0. The largest absolute Gasteiger partial charge is 0.309 e. The molecule has 2 nitrogen and oxygen atoms in total. The van der Waals surface area contributed by atoms with Crippen LogP contribution in [0.2, 0.25) is 0 Å². The first-order chi connectivity index (χ1) is 23.4. The van der Waals surface area contributed by atoms with Gasteiger partial charge in [-0.05, 0) is 112 Å². The fourth-order valence-corrected chi connectivity index (χ4v) is 9.19. The first-order valence-electron chi connectivity index (χ1n) is 17.7. The van der Waals surface area contributed by atoms with Crippen LogP contribution in [0.25, 0.3) is 66.1 Å². The lowest BCUT2D eigenvalue weighted by atomic mass is 9.59. The average Bonchev–Trinajstić information content (AvgIpc) is 3.64. The predicted molar refractivity (Wildman–Crippen MR) is 210 cm³/mol. The molecular weight excluding hydrogens is 593 g/mol. The van der Waals surface area contributed by atoms with Crippen molar-refractivity contribution in [3.63, 3.8) is 0 Å². The molecule has 2 aromatic heterocycles. The van der Waals surface area contributed by atoms with E-state index in [2.05, 4.69) is 186 Å². The molecule has 0 amide bonds. The normalized spacial score (nSPS) is 16.2. The third kappa shape index (κ3) is 3.83. The minimum absolute atomic E-state index is 0.00965. The molecule has 242 valence electrons. The molecule has 0 spiro atoms. The SMILES string of the molecule is Cc1ccccc1-c1ccc2c3cc4c(cc3n(-c3ccc5c(c3)c3ccccc3n5-c3ccccc3)c2c1C)C(C)(C)C(C)(C)C4(C)C. The lowest BCUT2D eigenvalue weighted by Crippen LogP contribution is -2.42. The Morgan fingerprint density at radius 3 is 1.82 bits per heavy atom. The standard InChI is InChI=1S/C47H44N2/c1-29-16-12-13-19-33(29)34-23-24-36-38-27-39-40(46(5,6)47(7,8)45(39,3)4)28-43(38)49(44(36)30(34)2)32-22-25-42-37(26-32)35-20-14-15-21-41(35)48(42)31-17-10-9-11-18-31/h9-28H,1-8H3. The molecule has 0 saturated carbocycles. The molecule has 0 bridgehead atoms. The molecule has 0 N–H and O–H groups in total. The quantitative estimate of drug-likeness (QED) is 0.183. The second kappa shape index (κ2) is 9.98. The smallest absolute Gasteiger partial charge is 0.0576 e. The molecule has 1 aliphatic carbocycles. The van der Waals surface area contributed by atoms with E-state index in [0.29, 0.717) is 0 Å². The van der Waals surface area contributed by atoms with Gasteiger partial charge in [0.1, 0.15) is 0 Å². The van der Waals surface area contributed by atoms with Gasteiger partial charge in [-0.1, -0.05) is 114 Å². The summed E-state index contributed by atoms with van der Waals surface area (Å²) in [4.78, 5) is 0. The fraction of sp³-hybridized carbons (Fsp3) is 0.234. The number of hydrogen-bond donors (Lipinski definition) is 0. The third-order valence-corrected chi connectivity index (χ3v) is 13.2. The van der Waals surface area contributed by atoms with E-state index in [1.54, 1.807) is 0 Å². The Labute approximate surface area is 289 Å². The van der Waals surface area contributed by atoms with Crippen molar-refractivity contribution in [1.82, 2.24) is 9.13 Å². The van der Waals surface area contributed by atoms with Crippen molar-refractivity contribution in [2.45, 2.75) is 66.2 Å². The van der Waals surface area contributed by atoms with Crippen LogP contribution in [0, 0.1) is 19.3 Å². The highest BCUT2D eigenvalue weighted by Crippen LogP contribution is 2.62. The molecule has 0 saturated heterocycles. The van der Waals surface area contributed by atoms with E-state index in [4.69, 9.17) is 0 Å². The molecule has 2 heteroatoms. The maximum atomic E-state index is 2.57. The van der Waals surface area contributed by atoms with Crippen molar-refractivity contribution in [2.75, 3.05) is 0 Å². The van der Waals surface area contributed by atoms with Crippen molar-refractivity contribution >= 4 is 43.6 Å². The lowest BCUT2D eigenvalue weighted by molar-refractivity contribution is 0.125. The summed E-state index contributed by atoms with van der Waals surface area (Å²) in [6, 6.07) is 45.3. The highest BCUT2D eigenvalue weighted by Gasteiger charge is 2.57. The van der Waals surface area contributed by atoms with Crippen molar-refractivity contribution in [1.29, 1.82) is 0 Å². The average molecular weight is 637 g/mol. The molecule has 9 rings (SSSR count). The Balaban J connectivity index is 1.41. The van der Waals surface area contributed by atoms with Crippen LogP contribution in [0.4, 0.5) is 0 Å². The molecule has 0 unspecified atom stereocenters. The van der Waals surface area contributed by atoms with Crippen LogP contribution in [-0.2, 0) is 10.8 Å². The van der Waals surface area contributed by atoms with Gasteiger partial charge in [0.25, 0.3) is 0 Å². The Kier molecular flexibility index (Phi) is 6.11. The molecule has 0 fully saturated rings. The van der Waals surface area contributed by atoms with Crippen LogP contribution in [0.3, 0.4) is 0 Å². The minimum atomic E-state index is 0.00965. The van der Waals surface area contributed by atoms with Crippen LogP contribution in [-0.4, -0.2) is 9.13 Å². The molecule has 0 radical (unpaired) electrons. The maximum Gasteiger partial charge on any atom is 0.0576 e. The zero-order valence-electron chi connectivity index (χ0n) is 29.9. The molecule has 1 aliphatic rings. The predicted octanol–water partition coefficient (Wildman–Crippen LogP) is 12.8. The van der Waals surface area contributed by atoms with Crippen LogP contribution < -0.4 is 0 Å². The number of aryl methyl sites for hydroxylation is 2. The summed E-state index contributed by atoms with van der Waals surface area (Å²) >= 11 is 0. The molecule has 2 heterocycles. The minimum Gasteiger partial charge on any atom is -0.309 e. The highest BCUT2D eigenvalue weighted by atomic mass is 15.0. The molecule has 0 atom stereocenters. The maximum absolute atomic E-state index is 2.57. The van der Waals surface area contributed by atoms with E-state index in [0.717, 1.165) is 0 Å². The summed E-state index contributed by atoms with van der Waals surface area (Å²) in [5.41, 5.74) is 15.7. The fourth-order valence-electron chi connectivity index (χ4n) is 9.19. The number of rotatable bonds is 3. The summed E-state index contributed by atoms with van der Waals surface area (Å²) in [7, 11) is 0. The number of nitrogens with zero attached hydrogens (tertiary/aromatic N) is 2. The van der Waals surface area contributed by atoms with Crippen molar-refractivity contribution in [2.24, 2.45) is 5.41 Å². The molecule has 6 aromatic carbocycles. The number of benzene rings is 6. The highest BCUT2D eigenvalue weighted by molar-refractivity contribution is 6.14. The Morgan fingerprint density at radius 1 is 0.429 bits per heavy atom. The van der Waals surface area contributed by atoms with Crippen molar-refractivity contribution in [3.05, 3.63) is 144 Å². The summed E-state index contributed by atoms with van der Waals surface area (Å²) in [5.74, 6) is 0. The second-order valence-electron chi connectivity index (χ2n) is 16.0. The zero-order valence-corrected chi connectivity index (χ0v) is 29.9. The second-order valence-corrected chi connectivity index (χ2v) is 16.0. The lowest BCUT2D eigenvalue weighted by Gasteiger charge is -2.44. The van der Waals surface area contributed by atoms with Gasteiger partial charge in [-0.3, -0.25) is 0 Å². The van der Waals surface area contributed by atoms with Crippen LogP contribution in [0.1, 0.15) is 63.8 Å². The van der Waals surface area contributed by atoms with Crippen LogP contribution >= 0.6 is 0 Å². The van der Waals surface area contributed by atoms with Gasteiger partial charge in [-0.25, -0.2) is 0 Å². The number of hydrogen-bond acceptors (Lipinski definition) is 0. The summed E-state index contributed by atoms with van der Waals surface area (Å²) < 4.78 is 4.98. The van der Waals surface area contributed by atoms with E-state index >= 15 is 0 Å². The van der Waals surface area contributed by atoms with Gasteiger partial charge in [-0.2, -0.15) is 0 Å². The van der Waals surface area contributed by atoms with E-state index in [1.807, 2.05) is 0 Å². The summed E-state index contributed by atoms with van der Waals surface area (Å²) in [6.45, 7) is 19.3. The number of fused-ring (bicyclic) bond motifs is 7. The first-order valence-corrected chi connectivity index (χ1v) is 17.7. The topological polar surface area (TPSA) is 9.86 Å². The summed E-state index contributed by atoms with van der Waals surface area (Å²) in [5, 5.41) is 5.19. The molecular formula is C47H44N2. The van der Waals surface area contributed by atoms with Gasteiger partial charge >= 0.3 is 0 Å². The zero-order chi connectivity index (χ0) is 34.0. The first kappa shape index (κ1) is 30.0. The van der Waals surface area contributed by atoms with Crippen LogP contribution in [0.5, 0.6) is 0 Å². The third-order valence-electron chi connectivity index (χ3n) is 13.2. The van der Waals surface area contributed by atoms with E-state index in [-0.39, 0.29) is 16.2 Å². The van der Waals surface area contributed by atoms with Gasteiger partial charge in [0, 0.05) is 32.9 Å². The van der Waals surface area contributed by atoms with Gasteiger partial charge in [0.15, 0.2) is 0 Å². The Bertz CT molecular complexity index is 2640. The van der Waals surface area contributed by atoms with Gasteiger partial charge in [0.2, 0.25) is 0 Å². The monoisotopic (exact) mass is 636 g/mol. The Morgan fingerprint density at radius 2 is 1.06 bits per heavy atom. The number of para-hydroxylation sites is 2. The molecule has 8 aromatic rings. The molecule has 0 aliphatic heterocycles. The van der Waals surface area contributed by atoms with E-state index in [1.165, 1.54) is 88.4 Å². The molecule has 49 heavy (non-hydrogen) atoms. The van der Waals surface area contributed by atoms with Crippen molar-refractivity contribution in [3.8, 4) is 22.5 Å². The van der Waals surface area contributed by atoms with E-state index < -0.39 is 0 Å². The van der Waals surface area contributed by atoms with Gasteiger partial charge < -0.3 is 9.13 Å². The van der Waals surface area contributed by atoms with Crippen LogP contribution in [0.15, 0.2) is 121 Å². The van der Waals surface area contributed by atoms with Crippen molar-refractivity contribution < 1.29 is 0 Å². The Hall–Kier alpha value is -5.08. The number of aromatic nitrogens is 2. The van der Waals surface area contributed by atoms with Gasteiger partial charge in [0.05, 0.1) is 22.1 Å².